The number of hydrogen-bond acceptors (Lipinski definition) is 2. The minimum absolute atomic E-state index is 0.0532. The molecule has 1 aromatic carbocycles. The van der Waals surface area contributed by atoms with Crippen LogP contribution in [-0.4, -0.2) is 20.8 Å². The van der Waals surface area contributed by atoms with E-state index in [0.717, 1.165) is 18.2 Å². The molecule has 1 rings (SSSR count). The van der Waals surface area contributed by atoms with Gasteiger partial charge in [0.1, 0.15) is 12.5 Å². The van der Waals surface area contributed by atoms with Gasteiger partial charge in [0.15, 0.2) is 9.84 Å². The molecule has 0 aliphatic carbocycles. The summed E-state index contributed by atoms with van der Waals surface area (Å²) in [6.45, 7) is -0.947. The van der Waals surface area contributed by atoms with E-state index in [1.165, 1.54) is 0 Å². The van der Waals surface area contributed by atoms with Crippen molar-refractivity contribution in [1.82, 2.24) is 0 Å². The van der Waals surface area contributed by atoms with Crippen LogP contribution in [0.4, 0.5) is 8.78 Å². The molecule has 0 unspecified atom stereocenters. The van der Waals surface area contributed by atoms with Crippen LogP contribution in [-0.2, 0) is 9.84 Å². The highest BCUT2D eigenvalue weighted by molar-refractivity contribution is 9.10. The molecule has 6 heteroatoms. The molecule has 0 heterocycles. The third-order valence-electron chi connectivity index (χ3n) is 1.60. The fourth-order valence-corrected chi connectivity index (χ4v) is 2.43. The lowest BCUT2D eigenvalue weighted by Gasteiger charge is -2.02. The van der Waals surface area contributed by atoms with Gasteiger partial charge in [-0.3, -0.25) is 0 Å². The summed E-state index contributed by atoms with van der Waals surface area (Å²) in [5.41, 5.74) is 0. The second-order valence-electron chi connectivity index (χ2n) is 2.58. The lowest BCUT2D eigenvalue weighted by atomic mass is 10.3. The second kappa shape index (κ2) is 4.35. The van der Waals surface area contributed by atoms with Crippen LogP contribution in [0.1, 0.15) is 0 Å². The normalized spacial score (nSPS) is 11.6. The molecule has 0 bridgehead atoms. The minimum Gasteiger partial charge on any atom is -0.250 e. The summed E-state index contributed by atoms with van der Waals surface area (Å²) in [5.74, 6) is -1.13. The number of alkyl halides is 1. The number of hydrogen-bond donors (Lipinski definition) is 0. The van der Waals surface area contributed by atoms with Crippen molar-refractivity contribution in [3.8, 4) is 0 Å². The first-order valence-corrected chi connectivity index (χ1v) is 6.15. The standard InChI is InChI=1S/C8H7BrF2O2S/c9-7-5-6(1-2-8(7)11)14(12,13)4-3-10/h1-2,5H,3-4H2. The largest absolute Gasteiger partial charge is 0.250 e. The van der Waals surface area contributed by atoms with E-state index < -0.39 is 28.1 Å². The van der Waals surface area contributed by atoms with Gasteiger partial charge in [-0.2, -0.15) is 0 Å². The predicted octanol–water partition coefficient (Wildman–Crippen LogP) is 2.33. The molecule has 1 aromatic rings. The third kappa shape index (κ3) is 2.51. The molecule has 0 aliphatic rings. The smallest absolute Gasteiger partial charge is 0.180 e. The van der Waals surface area contributed by atoms with Crippen LogP contribution < -0.4 is 0 Å². The first-order chi connectivity index (χ1) is 6.47. The quantitative estimate of drug-likeness (QED) is 0.799. The maximum absolute atomic E-state index is 12.8. The van der Waals surface area contributed by atoms with E-state index in [1.54, 1.807) is 0 Å². The molecule has 78 valence electrons. The molecule has 0 atom stereocenters. The van der Waals surface area contributed by atoms with Crippen molar-refractivity contribution in [3.63, 3.8) is 0 Å². The number of halogens is 3. The van der Waals surface area contributed by atoms with Gasteiger partial charge in [0, 0.05) is 0 Å². The first-order valence-electron chi connectivity index (χ1n) is 3.71. The SMILES string of the molecule is O=S(=O)(CCF)c1ccc(F)c(Br)c1. The number of sulfone groups is 1. The third-order valence-corrected chi connectivity index (χ3v) is 3.87. The van der Waals surface area contributed by atoms with Gasteiger partial charge in [0.25, 0.3) is 0 Å². The Balaban J connectivity index is 3.15. The Morgan fingerprint density at radius 2 is 2.00 bits per heavy atom. The summed E-state index contributed by atoms with van der Waals surface area (Å²) < 4.78 is 47.3. The Bertz CT molecular complexity index is 431. The molecule has 0 N–H and O–H groups in total. The maximum atomic E-state index is 12.8. The Morgan fingerprint density at radius 1 is 1.36 bits per heavy atom. The average Bonchev–Trinajstić information content (AvgIpc) is 2.09. The van der Waals surface area contributed by atoms with Crippen LogP contribution in [0.5, 0.6) is 0 Å². The Hall–Kier alpha value is -0.490. The van der Waals surface area contributed by atoms with Crippen molar-refractivity contribution in [2.45, 2.75) is 4.90 Å². The van der Waals surface area contributed by atoms with Crippen LogP contribution in [0.25, 0.3) is 0 Å². The van der Waals surface area contributed by atoms with Gasteiger partial charge >= 0.3 is 0 Å². The van der Waals surface area contributed by atoms with Crippen molar-refractivity contribution in [3.05, 3.63) is 28.5 Å². The molecule has 0 saturated heterocycles. The summed E-state index contributed by atoms with van der Waals surface area (Å²) in [5, 5.41) is 0. The highest BCUT2D eigenvalue weighted by Crippen LogP contribution is 2.20. The van der Waals surface area contributed by atoms with Crippen molar-refractivity contribution < 1.29 is 17.2 Å². The fraction of sp³-hybridized carbons (Fsp3) is 0.250. The molecule has 0 fully saturated rings. The molecule has 0 spiro atoms. The zero-order chi connectivity index (χ0) is 10.8. The lowest BCUT2D eigenvalue weighted by molar-refractivity contribution is 0.517. The molecule has 0 aromatic heterocycles. The van der Waals surface area contributed by atoms with E-state index in [9.17, 15) is 17.2 Å². The Morgan fingerprint density at radius 3 is 2.50 bits per heavy atom. The van der Waals surface area contributed by atoms with Gasteiger partial charge in [-0.05, 0) is 34.1 Å². The number of benzene rings is 1. The van der Waals surface area contributed by atoms with E-state index in [4.69, 9.17) is 0 Å². The van der Waals surface area contributed by atoms with Crippen molar-refractivity contribution in [2.75, 3.05) is 12.4 Å². The average molecular weight is 285 g/mol. The zero-order valence-electron chi connectivity index (χ0n) is 7.00. The van der Waals surface area contributed by atoms with E-state index in [-0.39, 0.29) is 9.37 Å². The van der Waals surface area contributed by atoms with Gasteiger partial charge in [-0.25, -0.2) is 17.2 Å². The molecular formula is C8H7BrF2O2S. The Labute approximate surface area is 89.0 Å². The summed E-state index contributed by atoms with van der Waals surface area (Å²) in [4.78, 5) is -0.0802. The van der Waals surface area contributed by atoms with Crippen LogP contribution in [0.3, 0.4) is 0 Å². The van der Waals surface area contributed by atoms with E-state index in [0.29, 0.717) is 0 Å². The molecule has 0 radical (unpaired) electrons. The second-order valence-corrected chi connectivity index (χ2v) is 5.55. The lowest BCUT2D eigenvalue weighted by Crippen LogP contribution is -2.08. The summed E-state index contributed by atoms with van der Waals surface area (Å²) in [6.07, 6.45) is 0. The topological polar surface area (TPSA) is 34.1 Å². The molecule has 0 saturated carbocycles. The minimum atomic E-state index is -3.62. The maximum Gasteiger partial charge on any atom is 0.180 e. The molecule has 14 heavy (non-hydrogen) atoms. The number of rotatable bonds is 3. The van der Waals surface area contributed by atoms with Gasteiger partial charge in [-0.15, -0.1) is 0 Å². The summed E-state index contributed by atoms with van der Waals surface area (Å²) >= 11 is 2.86. The highest BCUT2D eigenvalue weighted by Gasteiger charge is 2.15. The van der Waals surface area contributed by atoms with E-state index >= 15 is 0 Å². The van der Waals surface area contributed by atoms with Crippen LogP contribution in [0.2, 0.25) is 0 Å². The fourth-order valence-electron chi connectivity index (χ4n) is 0.890. The monoisotopic (exact) mass is 284 g/mol. The molecular weight excluding hydrogens is 278 g/mol. The van der Waals surface area contributed by atoms with Gasteiger partial charge in [-0.1, -0.05) is 0 Å². The van der Waals surface area contributed by atoms with Crippen LogP contribution >= 0.6 is 15.9 Å². The van der Waals surface area contributed by atoms with Gasteiger partial charge < -0.3 is 0 Å². The highest BCUT2D eigenvalue weighted by atomic mass is 79.9. The van der Waals surface area contributed by atoms with Crippen LogP contribution in [0, 0.1) is 5.82 Å². The van der Waals surface area contributed by atoms with Crippen molar-refractivity contribution >= 4 is 25.8 Å². The van der Waals surface area contributed by atoms with Gasteiger partial charge in [0.2, 0.25) is 0 Å². The first kappa shape index (κ1) is 11.6. The van der Waals surface area contributed by atoms with Crippen LogP contribution in [0.15, 0.2) is 27.6 Å². The molecule has 2 nitrogen and oxygen atoms in total. The summed E-state index contributed by atoms with van der Waals surface area (Å²) in [6, 6.07) is 3.26. The predicted molar refractivity (Wildman–Crippen MR) is 52.1 cm³/mol. The summed E-state index contributed by atoms with van der Waals surface area (Å²) in [7, 11) is -3.62. The zero-order valence-corrected chi connectivity index (χ0v) is 9.41. The molecule has 0 aliphatic heterocycles. The molecule has 0 amide bonds. The van der Waals surface area contributed by atoms with E-state index in [2.05, 4.69) is 15.9 Å². The van der Waals surface area contributed by atoms with Gasteiger partial charge in [0.05, 0.1) is 15.1 Å². The Kier molecular flexibility index (Phi) is 3.60. The van der Waals surface area contributed by atoms with E-state index in [1.807, 2.05) is 0 Å². The van der Waals surface area contributed by atoms with Crippen molar-refractivity contribution in [1.29, 1.82) is 0 Å². The van der Waals surface area contributed by atoms with Crippen molar-refractivity contribution in [2.24, 2.45) is 0 Å².